The Balaban J connectivity index is 2.12. The van der Waals surface area contributed by atoms with Gasteiger partial charge in [0, 0.05) is 12.6 Å². The van der Waals surface area contributed by atoms with Crippen LogP contribution in [0.1, 0.15) is 12.6 Å². The van der Waals surface area contributed by atoms with E-state index in [0.717, 1.165) is 5.69 Å². The Morgan fingerprint density at radius 2 is 1.84 bits per heavy atom. The molecule has 1 aromatic heterocycles. The first kappa shape index (κ1) is 13.3. The summed E-state index contributed by atoms with van der Waals surface area (Å²) in [7, 11) is 1.87. The molecule has 0 saturated heterocycles. The van der Waals surface area contributed by atoms with E-state index in [1.165, 1.54) is 0 Å². The summed E-state index contributed by atoms with van der Waals surface area (Å²) in [6, 6.07) is 11.2. The Bertz CT molecular complexity index is 514. The summed E-state index contributed by atoms with van der Waals surface area (Å²) >= 11 is 0. The van der Waals surface area contributed by atoms with Crippen LogP contribution in [0, 0.1) is 0 Å². The second-order valence-corrected chi connectivity index (χ2v) is 3.88. The molecule has 0 aliphatic carbocycles. The third-order valence-electron chi connectivity index (χ3n) is 2.42. The average Bonchev–Trinajstić information content (AvgIpc) is 2.44. The number of nitrogens with zero attached hydrogens (tertiary/aromatic N) is 2. The highest BCUT2D eigenvalue weighted by atomic mass is 16.5. The van der Waals surface area contributed by atoms with Crippen LogP contribution in [0.15, 0.2) is 36.4 Å². The van der Waals surface area contributed by atoms with Gasteiger partial charge in [-0.3, -0.25) is 0 Å². The molecule has 19 heavy (non-hydrogen) atoms. The minimum absolute atomic E-state index is 0.451. The summed E-state index contributed by atoms with van der Waals surface area (Å²) in [5.41, 5.74) is 0.868. The third kappa shape index (κ3) is 3.66. The van der Waals surface area contributed by atoms with Crippen LogP contribution in [0.4, 0.5) is 0 Å². The van der Waals surface area contributed by atoms with E-state index in [1.807, 2.05) is 44.3 Å². The van der Waals surface area contributed by atoms with Gasteiger partial charge in [0.2, 0.25) is 5.88 Å². The van der Waals surface area contributed by atoms with Crippen LogP contribution < -0.4 is 14.8 Å². The number of ether oxygens (including phenoxy) is 2. The average molecular weight is 259 g/mol. The van der Waals surface area contributed by atoms with Gasteiger partial charge in [0.05, 0.1) is 12.3 Å². The van der Waals surface area contributed by atoms with Crippen molar-refractivity contribution in [3.63, 3.8) is 0 Å². The van der Waals surface area contributed by atoms with E-state index in [1.54, 1.807) is 6.07 Å². The summed E-state index contributed by atoms with van der Waals surface area (Å²) in [6.45, 7) is 3.21. The monoisotopic (exact) mass is 259 g/mol. The minimum Gasteiger partial charge on any atom is -0.490 e. The van der Waals surface area contributed by atoms with E-state index in [9.17, 15) is 0 Å². The first-order chi connectivity index (χ1) is 9.33. The van der Waals surface area contributed by atoms with Gasteiger partial charge in [-0.25, -0.2) is 0 Å². The van der Waals surface area contributed by atoms with Crippen molar-refractivity contribution in [1.29, 1.82) is 0 Å². The minimum atomic E-state index is 0.451. The fraction of sp³-hybridized carbons (Fsp3) is 0.286. The van der Waals surface area contributed by atoms with Crippen molar-refractivity contribution in [2.24, 2.45) is 0 Å². The van der Waals surface area contributed by atoms with Gasteiger partial charge in [-0.05, 0) is 32.2 Å². The van der Waals surface area contributed by atoms with Crippen molar-refractivity contribution >= 4 is 0 Å². The fourth-order valence-electron chi connectivity index (χ4n) is 1.60. The molecule has 2 rings (SSSR count). The van der Waals surface area contributed by atoms with Crippen LogP contribution in [0.2, 0.25) is 0 Å². The number of nitrogens with one attached hydrogen (secondary N) is 1. The first-order valence-corrected chi connectivity index (χ1v) is 6.20. The molecule has 0 atom stereocenters. The summed E-state index contributed by atoms with van der Waals surface area (Å²) in [5, 5.41) is 11.1. The lowest BCUT2D eigenvalue weighted by Crippen LogP contribution is -2.07. The van der Waals surface area contributed by atoms with Crippen LogP contribution >= 0.6 is 0 Å². The number of benzene rings is 1. The molecule has 5 heteroatoms. The van der Waals surface area contributed by atoms with Crippen molar-refractivity contribution in [2.75, 3.05) is 13.7 Å². The van der Waals surface area contributed by atoms with Gasteiger partial charge >= 0.3 is 0 Å². The zero-order valence-electron chi connectivity index (χ0n) is 11.1. The quantitative estimate of drug-likeness (QED) is 0.863. The number of rotatable bonds is 6. The van der Waals surface area contributed by atoms with Gasteiger partial charge < -0.3 is 14.8 Å². The van der Waals surface area contributed by atoms with E-state index >= 15 is 0 Å². The predicted octanol–water partition coefficient (Wildman–Crippen LogP) is 2.39. The molecule has 0 unspecified atom stereocenters. The molecule has 0 amide bonds. The molecular formula is C14H17N3O2. The number of aromatic nitrogens is 2. The SMILES string of the molecule is CCOc1ccccc1Oc1ccc(CNC)nn1. The van der Waals surface area contributed by atoms with E-state index in [0.29, 0.717) is 30.5 Å². The van der Waals surface area contributed by atoms with Crippen molar-refractivity contribution in [2.45, 2.75) is 13.5 Å². The van der Waals surface area contributed by atoms with Gasteiger partial charge in [-0.1, -0.05) is 12.1 Å². The Hall–Kier alpha value is -2.14. The molecule has 0 aliphatic rings. The highest BCUT2D eigenvalue weighted by Crippen LogP contribution is 2.29. The van der Waals surface area contributed by atoms with E-state index < -0.39 is 0 Å². The van der Waals surface area contributed by atoms with Crippen LogP contribution in [0.5, 0.6) is 17.4 Å². The lowest BCUT2D eigenvalue weighted by atomic mass is 10.3. The molecule has 0 bridgehead atoms. The van der Waals surface area contributed by atoms with Crippen LogP contribution in [0.25, 0.3) is 0 Å². The molecule has 2 aromatic rings. The van der Waals surface area contributed by atoms with Crippen molar-refractivity contribution in [3.05, 3.63) is 42.1 Å². The topological polar surface area (TPSA) is 56.3 Å². The second-order valence-electron chi connectivity index (χ2n) is 3.88. The van der Waals surface area contributed by atoms with E-state index in [2.05, 4.69) is 15.5 Å². The molecule has 1 heterocycles. The predicted molar refractivity (Wildman–Crippen MR) is 72.5 cm³/mol. The summed E-state index contributed by atoms with van der Waals surface area (Å²) in [6.07, 6.45) is 0. The Labute approximate surface area is 112 Å². The van der Waals surface area contributed by atoms with Crippen LogP contribution in [-0.2, 0) is 6.54 Å². The van der Waals surface area contributed by atoms with E-state index in [-0.39, 0.29) is 0 Å². The molecule has 1 aromatic carbocycles. The molecule has 100 valence electrons. The van der Waals surface area contributed by atoms with Gasteiger partial charge in [0.1, 0.15) is 0 Å². The molecule has 0 spiro atoms. The number of hydrogen-bond donors (Lipinski definition) is 1. The molecule has 1 N–H and O–H groups in total. The fourth-order valence-corrected chi connectivity index (χ4v) is 1.60. The summed E-state index contributed by atoms with van der Waals surface area (Å²) < 4.78 is 11.2. The maximum atomic E-state index is 5.68. The Kier molecular flexibility index (Phi) is 4.69. The molecule has 5 nitrogen and oxygen atoms in total. The molecule has 0 aliphatic heterocycles. The Morgan fingerprint density at radius 3 is 2.47 bits per heavy atom. The zero-order valence-corrected chi connectivity index (χ0v) is 11.1. The maximum Gasteiger partial charge on any atom is 0.239 e. The summed E-state index contributed by atoms with van der Waals surface area (Å²) in [5.74, 6) is 1.79. The van der Waals surface area contributed by atoms with E-state index in [4.69, 9.17) is 9.47 Å². The lowest BCUT2D eigenvalue weighted by molar-refractivity contribution is 0.319. The summed E-state index contributed by atoms with van der Waals surface area (Å²) in [4.78, 5) is 0. The van der Waals surface area contributed by atoms with Crippen molar-refractivity contribution < 1.29 is 9.47 Å². The highest BCUT2D eigenvalue weighted by molar-refractivity contribution is 5.41. The van der Waals surface area contributed by atoms with Crippen LogP contribution in [0.3, 0.4) is 0 Å². The number of para-hydroxylation sites is 2. The standard InChI is InChI=1S/C14H17N3O2/c1-3-18-12-6-4-5-7-13(12)19-14-9-8-11(10-15-2)16-17-14/h4-9,15H,3,10H2,1-2H3. The Morgan fingerprint density at radius 1 is 1.05 bits per heavy atom. The maximum absolute atomic E-state index is 5.68. The van der Waals surface area contributed by atoms with Crippen LogP contribution in [-0.4, -0.2) is 23.9 Å². The largest absolute Gasteiger partial charge is 0.490 e. The number of hydrogen-bond acceptors (Lipinski definition) is 5. The molecular weight excluding hydrogens is 242 g/mol. The van der Waals surface area contributed by atoms with Gasteiger partial charge in [-0.2, -0.15) is 5.10 Å². The van der Waals surface area contributed by atoms with Crippen molar-refractivity contribution in [3.8, 4) is 17.4 Å². The smallest absolute Gasteiger partial charge is 0.239 e. The lowest BCUT2D eigenvalue weighted by Gasteiger charge is -2.10. The molecule has 0 fully saturated rings. The van der Waals surface area contributed by atoms with Gasteiger partial charge in [0.15, 0.2) is 11.5 Å². The van der Waals surface area contributed by atoms with Gasteiger partial charge in [0.25, 0.3) is 0 Å². The normalized spacial score (nSPS) is 10.2. The zero-order chi connectivity index (χ0) is 13.5. The molecule has 0 saturated carbocycles. The second kappa shape index (κ2) is 6.70. The van der Waals surface area contributed by atoms with Crippen molar-refractivity contribution in [1.82, 2.24) is 15.5 Å². The third-order valence-corrected chi connectivity index (χ3v) is 2.42. The molecule has 0 radical (unpaired) electrons. The highest BCUT2D eigenvalue weighted by Gasteiger charge is 2.06. The van der Waals surface area contributed by atoms with Gasteiger partial charge in [-0.15, -0.1) is 5.10 Å². The first-order valence-electron chi connectivity index (χ1n) is 6.20.